The zero-order valence-corrected chi connectivity index (χ0v) is 16.2. The van der Waals surface area contributed by atoms with Gasteiger partial charge in [-0.15, -0.1) is 0 Å². The Morgan fingerprint density at radius 1 is 1.03 bits per heavy atom. The van der Waals surface area contributed by atoms with Gasteiger partial charge in [0.05, 0.1) is 47.8 Å². The third kappa shape index (κ3) is 3.82. The topological polar surface area (TPSA) is 91.5 Å². The second-order valence-corrected chi connectivity index (χ2v) is 6.78. The lowest BCUT2D eigenvalue weighted by Crippen LogP contribution is -2.15. The number of ether oxygens (including phenoxy) is 1. The highest BCUT2D eigenvalue weighted by atomic mass is 16.5. The van der Waals surface area contributed by atoms with Crippen molar-refractivity contribution in [3.8, 4) is 17.2 Å². The molecule has 0 saturated heterocycles. The second kappa shape index (κ2) is 8.02. The monoisotopic (exact) mass is 395 g/mol. The molecule has 4 rings (SSSR count). The molecule has 3 aromatic rings. The second-order valence-electron chi connectivity index (χ2n) is 6.78. The summed E-state index contributed by atoms with van der Waals surface area (Å²) in [7, 11) is 1.34. The molecule has 0 unspecified atom stereocenters. The number of benzene rings is 3. The molecule has 0 bridgehead atoms. The lowest BCUT2D eigenvalue weighted by atomic mass is 10.0. The SMILES string of the molecule is COC(=O)c1cccc(-c2ccc3c(c2)NC(=O)CC(c2cccc(C#N)c2)=N3)c1. The van der Waals surface area contributed by atoms with E-state index in [9.17, 15) is 9.59 Å². The van der Waals surface area contributed by atoms with E-state index in [4.69, 9.17) is 10.00 Å². The molecule has 3 aromatic carbocycles. The highest BCUT2D eigenvalue weighted by Crippen LogP contribution is 2.34. The fourth-order valence-electron chi connectivity index (χ4n) is 3.32. The third-order valence-electron chi connectivity index (χ3n) is 4.80. The van der Waals surface area contributed by atoms with Gasteiger partial charge in [0.1, 0.15) is 0 Å². The molecule has 1 heterocycles. The molecule has 6 nitrogen and oxygen atoms in total. The Hall–Kier alpha value is -4.24. The van der Waals surface area contributed by atoms with Crippen molar-refractivity contribution in [2.75, 3.05) is 12.4 Å². The number of aliphatic imine (C=N–C) groups is 1. The number of nitrogens with one attached hydrogen (secondary N) is 1. The molecule has 6 heteroatoms. The maximum absolute atomic E-state index is 12.5. The number of hydrogen-bond donors (Lipinski definition) is 1. The minimum atomic E-state index is -0.409. The average molecular weight is 395 g/mol. The number of carbonyl (C=O) groups excluding carboxylic acids is 2. The predicted octanol–water partition coefficient (Wildman–Crippen LogP) is 4.47. The Morgan fingerprint density at radius 2 is 1.80 bits per heavy atom. The van der Waals surface area contributed by atoms with Crippen LogP contribution in [0.2, 0.25) is 0 Å². The summed E-state index contributed by atoms with van der Waals surface area (Å²) in [5, 5.41) is 12.0. The smallest absolute Gasteiger partial charge is 0.337 e. The van der Waals surface area contributed by atoms with Crippen molar-refractivity contribution in [2.45, 2.75) is 6.42 Å². The Balaban J connectivity index is 1.74. The number of carbonyl (C=O) groups is 2. The van der Waals surface area contributed by atoms with E-state index in [0.717, 1.165) is 16.7 Å². The number of nitrogens with zero attached hydrogens (tertiary/aromatic N) is 2. The largest absolute Gasteiger partial charge is 0.465 e. The summed E-state index contributed by atoms with van der Waals surface area (Å²) >= 11 is 0. The van der Waals surface area contributed by atoms with Gasteiger partial charge < -0.3 is 10.1 Å². The Bertz CT molecular complexity index is 1240. The standard InChI is InChI=1S/C24H17N3O3/c1-30-24(29)19-7-3-5-16(11-19)17-8-9-20-22(12-17)27-23(28)13-21(26-20)18-6-2-4-15(10-18)14-25/h2-12H,13H2,1H3,(H,27,28). The van der Waals surface area contributed by atoms with Gasteiger partial charge in [0.15, 0.2) is 0 Å². The van der Waals surface area contributed by atoms with E-state index in [1.807, 2.05) is 30.3 Å². The van der Waals surface area contributed by atoms with Crippen LogP contribution in [0, 0.1) is 11.3 Å². The van der Waals surface area contributed by atoms with Crippen LogP contribution in [0.5, 0.6) is 0 Å². The van der Waals surface area contributed by atoms with Crippen molar-refractivity contribution in [2.24, 2.45) is 4.99 Å². The molecule has 0 saturated carbocycles. The van der Waals surface area contributed by atoms with Gasteiger partial charge >= 0.3 is 5.97 Å². The number of fused-ring (bicyclic) bond motifs is 1. The van der Waals surface area contributed by atoms with Gasteiger partial charge in [-0.3, -0.25) is 9.79 Å². The molecule has 0 aromatic heterocycles. The van der Waals surface area contributed by atoms with Gasteiger partial charge in [0.25, 0.3) is 0 Å². The van der Waals surface area contributed by atoms with Crippen molar-refractivity contribution in [3.05, 3.63) is 83.4 Å². The Morgan fingerprint density at radius 3 is 2.60 bits per heavy atom. The number of nitriles is 1. The summed E-state index contributed by atoms with van der Waals surface area (Å²) in [6.45, 7) is 0. The number of amides is 1. The third-order valence-corrected chi connectivity index (χ3v) is 4.80. The van der Waals surface area contributed by atoms with E-state index >= 15 is 0 Å². The highest BCUT2D eigenvalue weighted by molar-refractivity contribution is 6.17. The lowest BCUT2D eigenvalue weighted by molar-refractivity contribution is -0.115. The van der Waals surface area contributed by atoms with Gasteiger partial charge in [0.2, 0.25) is 5.91 Å². The van der Waals surface area contributed by atoms with Crippen molar-refractivity contribution in [1.29, 1.82) is 5.26 Å². The van der Waals surface area contributed by atoms with Crippen molar-refractivity contribution >= 4 is 29.0 Å². The van der Waals surface area contributed by atoms with E-state index < -0.39 is 5.97 Å². The fraction of sp³-hybridized carbons (Fsp3) is 0.0833. The molecule has 0 spiro atoms. The number of anilines is 1. The molecule has 0 aliphatic carbocycles. The van der Waals surface area contributed by atoms with E-state index in [-0.39, 0.29) is 12.3 Å². The van der Waals surface area contributed by atoms with Crippen LogP contribution >= 0.6 is 0 Å². The number of hydrogen-bond acceptors (Lipinski definition) is 5. The van der Waals surface area contributed by atoms with Crippen molar-refractivity contribution < 1.29 is 14.3 Å². The maximum Gasteiger partial charge on any atom is 0.337 e. The first-order chi connectivity index (χ1) is 14.6. The van der Waals surface area contributed by atoms with Crippen LogP contribution in [0.3, 0.4) is 0 Å². The molecule has 1 aliphatic heterocycles. The van der Waals surface area contributed by atoms with Gasteiger partial charge in [-0.2, -0.15) is 5.26 Å². The molecule has 0 atom stereocenters. The fourth-order valence-corrected chi connectivity index (χ4v) is 3.32. The predicted molar refractivity (Wildman–Crippen MR) is 114 cm³/mol. The summed E-state index contributed by atoms with van der Waals surface area (Å²) in [5.41, 5.74) is 5.19. The van der Waals surface area contributed by atoms with Crippen molar-refractivity contribution in [1.82, 2.24) is 0 Å². The van der Waals surface area contributed by atoms with Crippen LogP contribution in [-0.2, 0) is 9.53 Å². The van der Waals surface area contributed by atoms with Gasteiger partial charge in [-0.25, -0.2) is 4.79 Å². The van der Waals surface area contributed by atoms with Gasteiger partial charge in [-0.1, -0.05) is 30.3 Å². The van der Waals surface area contributed by atoms with Crippen LogP contribution in [0.4, 0.5) is 11.4 Å². The van der Waals surface area contributed by atoms with Crippen LogP contribution in [0.1, 0.15) is 27.9 Å². The summed E-state index contributed by atoms with van der Waals surface area (Å²) in [6.07, 6.45) is 0.108. The first kappa shape index (κ1) is 19.1. The quantitative estimate of drug-likeness (QED) is 0.662. The van der Waals surface area contributed by atoms with Crippen molar-refractivity contribution in [3.63, 3.8) is 0 Å². The van der Waals surface area contributed by atoms with E-state index in [2.05, 4.69) is 16.4 Å². The molecule has 1 N–H and O–H groups in total. The van der Waals surface area contributed by atoms with E-state index in [0.29, 0.717) is 28.2 Å². The van der Waals surface area contributed by atoms with Crippen LogP contribution in [-0.4, -0.2) is 24.7 Å². The van der Waals surface area contributed by atoms with E-state index in [1.165, 1.54) is 7.11 Å². The summed E-state index contributed by atoms with van der Waals surface area (Å²) in [5.74, 6) is -0.593. The maximum atomic E-state index is 12.5. The molecule has 0 radical (unpaired) electrons. The van der Waals surface area contributed by atoms with Crippen LogP contribution < -0.4 is 5.32 Å². The average Bonchev–Trinajstić information content (AvgIpc) is 2.96. The lowest BCUT2D eigenvalue weighted by Gasteiger charge is -2.09. The number of rotatable bonds is 3. The first-order valence-corrected chi connectivity index (χ1v) is 9.28. The minimum absolute atomic E-state index is 0.108. The van der Waals surface area contributed by atoms with Crippen LogP contribution in [0.25, 0.3) is 11.1 Å². The van der Waals surface area contributed by atoms with Gasteiger partial charge in [0, 0.05) is 0 Å². The number of methoxy groups -OCH3 is 1. The number of esters is 1. The molecule has 1 aliphatic rings. The van der Waals surface area contributed by atoms with E-state index in [1.54, 1.807) is 36.4 Å². The molecule has 146 valence electrons. The highest BCUT2D eigenvalue weighted by Gasteiger charge is 2.18. The van der Waals surface area contributed by atoms with Crippen LogP contribution in [0.15, 0.2) is 71.7 Å². The first-order valence-electron chi connectivity index (χ1n) is 9.28. The molecule has 1 amide bonds. The molecule has 30 heavy (non-hydrogen) atoms. The zero-order chi connectivity index (χ0) is 21.1. The summed E-state index contributed by atoms with van der Waals surface area (Å²) < 4.78 is 4.78. The Labute approximate surface area is 173 Å². The zero-order valence-electron chi connectivity index (χ0n) is 16.2. The summed E-state index contributed by atoms with van der Waals surface area (Å²) in [6, 6.07) is 21.8. The molecular weight excluding hydrogens is 378 g/mol. The summed E-state index contributed by atoms with van der Waals surface area (Å²) in [4.78, 5) is 29.0. The minimum Gasteiger partial charge on any atom is -0.465 e. The Kier molecular flexibility index (Phi) is 5.10. The normalized spacial score (nSPS) is 12.7. The molecular formula is C24H17N3O3. The molecule has 0 fully saturated rings. The van der Waals surface area contributed by atoms with Gasteiger partial charge in [-0.05, 0) is 53.1 Å².